The molecule has 1 aliphatic heterocycles. The van der Waals surface area contributed by atoms with Crippen molar-refractivity contribution >= 4 is 49.8 Å². The molecule has 4 heterocycles. The highest BCUT2D eigenvalue weighted by Gasteiger charge is 2.49. The third-order valence-corrected chi connectivity index (χ3v) is 8.84. The molecule has 1 aliphatic rings. The molecule has 1 atom stereocenters. The highest BCUT2D eigenvalue weighted by molar-refractivity contribution is 7.22. The number of amides is 1. The highest BCUT2D eigenvalue weighted by atomic mass is 32.1. The highest BCUT2D eigenvalue weighted by Crippen LogP contribution is 2.46. The van der Waals surface area contributed by atoms with Crippen LogP contribution in [0.15, 0.2) is 66.4 Å². The molecule has 10 nitrogen and oxygen atoms in total. The second-order valence-electron chi connectivity index (χ2n) is 10.9. The van der Waals surface area contributed by atoms with Crippen LogP contribution in [0.1, 0.15) is 63.0 Å². The van der Waals surface area contributed by atoms with Crippen molar-refractivity contribution in [1.29, 1.82) is 0 Å². The van der Waals surface area contributed by atoms with Crippen molar-refractivity contribution in [3.63, 3.8) is 0 Å². The van der Waals surface area contributed by atoms with Crippen molar-refractivity contribution in [2.75, 3.05) is 24.7 Å². The van der Waals surface area contributed by atoms with E-state index >= 15 is 0 Å². The molecule has 1 N–H and O–H groups in total. The SMILES string of the molecule is CCCCCOc1ccc(C2/C(=C(\O)c3c(C)nc4ccccn34)C(=O)C(=O)N2c2nc3ccc(OCC)cc3s2)cc1OCC. The molecule has 0 bridgehead atoms. The Balaban J connectivity index is 1.53. The average molecular weight is 641 g/mol. The van der Waals surface area contributed by atoms with E-state index in [9.17, 15) is 14.7 Å². The summed E-state index contributed by atoms with van der Waals surface area (Å²) in [5.74, 6) is -0.194. The van der Waals surface area contributed by atoms with Gasteiger partial charge in [-0.3, -0.25) is 18.9 Å². The molecule has 1 fully saturated rings. The summed E-state index contributed by atoms with van der Waals surface area (Å²) in [7, 11) is 0. The lowest BCUT2D eigenvalue weighted by atomic mass is 9.96. The van der Waals surface area contributed by atoms with Gasteiger partial charge in [-0.15, -0.1) is 0 Å². The number of Topliss-reactive ketones (excluding diaryl/α,β-unsaturated/α-hetero) is 1. The monoisotopic (exact) mass is 640 g/mol. The maximum Gasteiger partial charge on any atom is 0.301 e. The van der Waals surface area contributed by atoms with E-state index in [1.54, 1.807) is 35.7 Å². The zero-order chi connectivity index (χ0) is 32.4. The topological polar surface area (TPSA) is 115 Å². The van der Waals surface area contributed by atoms with Crippen LogP contribution in [-0.4, -0.2) is 51.0 Å². The summed E-state index contributed by atoms with van der Waals surface area (Å²) in [6.07, 6.45) is 4.79. The number of hydrogen-bond acceptors (Lipinski definition) is 9. The summed E-state index contributed by atoms with van der Waals surface area (Å²) in [5, 5.41) is 12.3. The minimum absolute atomic E-state index is 0.0629. The molecule has 238 valence electrons. The predicted octanol–water partition coefficient (Wildman–Crippen LogP) is 7.25. The first-order chi connectivity index (χ1) is 22.4. The number of ether oxygens (including phenoxy) is 3. The van der Waals surface area contributed by atoms with Gasteiger partial charge in [0.1, 0.15) is 17.1 Å². The number of carbonyl (C=O) groups excluding carboxylic acids is 2. The van der Waals surface area contributed by atoms with Crippen molar-refractivity contribution in [3.8, 4) is 17.2 Å². The number of aromatic nitrogens is 3. The van der Waals surface area contributed by atoms with Gasteiger partial charge in [-0.2, -0.15) is 0 Å². The summed E-state index contributed by atoms with van der Waals surface area (Å²) >= 11 is 1.27. The van der Waals surface area contributed by atoms with E-state index in [1.807, 2.05) is 50.2 Å². The molecule has 1 amide bonds. The average Bonchev–Trinajstić information content (AvgIpc) is 3.70. The lowest BCUT2D eigenvalue weighted by molar-refractivity contribution is -0.132. The first-order valence-corrected chi connectivity index (χ1v) is 16.4. The first kappa shape index (κ1) is 31.1. The van der Waals surface area contributed by atoms with Gasteiger partial charge in [0.05, 0.1) is 47.3 Å². The van der Waals surface area contributed by atoms with Crippen molar-refractivity contribution in [2.24, 2.45) is 0 Å². The van der Waals surface area contributed by atoms with Gasteiger partial charge in [0, 0.05) is 6.20 Å². The fourth-order valence-corrected chi connectivity index (χ4v) is 6.76. The number of hydrogen-bond donors (Lipinski definition) is 1. The van der Waals surface area contributed by atoms with Crippen LogP contribution < -0.4 is 19.1 Å². The number of unbranched alkanes of at least 4 members (excludes halogenated alkanes) is 2. The van der Waals surface area contributed by atoms with Crippen LogP contribution in [0.5, 0.6) is 17.2 Å². The number of nitrogens with zero attached hydrogens (tertiary/aromatic N) is 4. The van der Waals surface area contributed by atoms with Crippen molar-refractivity contribution in [2.45, 2.75) is 53.0 Å². The number of fused-ring (bicyclic) bond motifs is 2. The Bertz CT molecular complexity index is 1960. The van der Waals surface area contributed by atoms with Crippen LogP contribution in [0.2, 0.25) is 0 Å². The molecule has 46 heavy (non-hydrogen) atoms. The molecule has 1 unspecified atom stereocenters. The van der Waals surface area contributed by atoms with E-state index in [0.29, 0.717) is 70.3 Å². The standard InChI is InChI=1S/C35H36N4O6S/c1-5-8-11-18-45-25-16-13-22(19-26(25)44-7-3)31-29(32(40)30-21(4)36-28-12-9-10-17-38(28)30)33(41)34(42)39(31)35-37-24-15-14-23(43-6-2)20-27(24)46-35/h9-10,12-17,19-20,31,40H,5-8,11,18H2,1-4H3/b32-29+. The minimum atomic E-state index is -1.01. The molecular weight excluding hydrogens is 604 g/mol. The van der Waals surface area contributed by atoms with Crippen LogP contribution >= 0.6 is 11.3 Å². The lowest BCUT2D eigenvalue weighted by Crippen LogP contribution is -2.29. The number of aryl methyl sites for hydroxylation is 1. The maximum absolute atomic E-state index is 14.0. The Hall–Kier alpha value is -4.90. The smallest absolute Gasteiger partial charge is 0.301 e. The van der Waals surface area contributed by atoms with E-state index in [2.05, 4.69) is 11.9 Å². The fourth-order valence-electron chi connectivity index (χ4n) is 5.74. The Morgan fingerprint density at radius 3 is 2.54 bits per heavy atom. The minimum Gasteiger partial charge on any atom is -0.505 e. The number of thiazole rings is 1. The third-order valence-electron chi connectivity index (χ3n) is 7.83. The van der Waals surface area contributed by atoms with Crippen LogP contribution in [0.4, 0.5) is 5.13 Å². The molecular formula is C35H36N4O6S. The van der Waals surface area contributed by atoms with E-state index in [-0.39, 0.29) is 11.3 Å². The van der Waals surface area contributed by atoms with Crippen LogP contribution in [0.3, 0.4) is 0 Å². The number of aliphatic hydroxyl groups is 1. The molecule has 1 saturated heterocycles. The van der Waals surface area contributed by atoms with E-state index in [0.717, 1.165) is 24.0 Å². The molecule has 11 heteroatoms. The van der Waals surface area contributed by atoms with E-state index in [4.69, 9.17) is 19.2 Å². The molecule has 0 saturated carbocycles. The zero-order valence-electron chi connectivity index (χ0n) is 26.3. The number of rotatable bonds is 12. The summed E-state index contributed by atoms with van der Waals surface area (Å²) in [5.41, 5.74) is 2.62. The number of aliphatic hydroxyl groups excluding tert-OH is 1. The quantitative estimate of drug-likeness (QED) is 0.0657. The van der Waals surface area contributed by atoms with Gasteiger partial charge in [0.25, 0.3) is 5.78 Å². The number of anilines is 1. The zero-order valence-corrected chi connectivity index (χ0v) is 27.1. The molecule has 5 aromatic rings. The molecule has 0 radical (unpaired) electrons. The van der Waals surface area contributed by atoms with Crippen LogP contribution in [0, 0.1) is 6.92 Å². The summed E-state index contributed by atoms with van der Waals surface area (Å²) in [6.45, 7) is 9.11. The molecule has 3 aromatic heterocycles. The van der Waals surface area contributed by atoms with E-state index in [1.165, 1.54) is 16.2 Å². The first-order valence-electron chi connectivity index (χ1n) is 15.5. The summed E-state index contributed by atoms with van der Waals surface area (Å²) in [4.78, 5) is 38.6. The van der Waals surface area contributed by atoms with Gasteiger partial charge in [-0.25, -0.2) is 9.97 Å². The number of carbonyl (C=O) groups is 2. The number of pyridine rings is 1. The molecule has 2 aromatic carbocycles. The Morgan fingerprint density at radius 1 is 0.935 bits per heavy atom. The molecule has 0 spiro atoms. The van der Waals surface area contributed by atoms with Crippen molar-refractivity contribution in [3.05, 3.63) is 83.3 Å². The summed E-state index contributed by atoms with van der Waals surface area (Å²) < 4.78 is 20.2. The number of imidazole rings is 1. The number of benzene rings is 2. The second kappa shape index (κ2) is 13.2. The predicted molar refractivity (Wildman–Crippen MR) is 178 cm³/mol. The van der Waals surface area contributed by atoms with Gasteiger partial charge in [-0.05, 0) is 75.2 Å². The van der Waals surface area contributed by atoms with Crippen LogP contribution in [0.25, 0.3) is 21.6 Å². The van der Waals surface area contributed by atoms with Crippen molar-refractivity contribution in [1.82, 2.24) is 14.4 Å². The van der Waals surface area contributed by atoms with Crippen molar-refractivity contribution < 1.29 is 28.9 Å². The van der Waals surface area contributed by atoms with Crippen LogP contribution in [-0.2, 0) is 9.59 Å². The van der Waals surface area contributed by atoms with Gasteiger partial charge in [0.15, 0.2) is 22.4 Å². The maximum atomic E-state index is 14.0. The lowest BCUT2D eigenvalue weighted by Gasteiger charge is -2.24. The van der Waals surface area contributed by atoms with Gasteiger partial charge in [0.2, 0.25) is 0 Å². The molecule has 0 aliphatic carbocycles. The normalized spacial score (nSPS) is 16.1. The largest absolute Gasteiger partial charge is 0.505 e. The van der Waals surface area contributed by atoms with Gasteiger partial charge >= 0.3 is 5.91 Å². The van der Waals surface area contributed by atoms with Gasteiger partial charge < -0.3 is 19.3 Å². The fraction of sp³-hybridized carbons (Fsp3) is 0.314. The summed E-state index contributed by atoms with van der Waals surface area (Å²) in [6, 6.07) is 15.3. The Labute approximate surface area is 270 Å². The molecule has 6 rings (SSSR count). The van der Waals surface area contributed by atoms with Gasteiger partial charge in [-0.1, -0.05) is 43.2 Å². The second-order valence-corrected chi connectivity index (χ2v) is 11.9. The Morgan fingerprint density at radius 2 is 1.76 bits per heavy atom. The van der Waals surface area contributed by atoms with E-state index < -0.39 is 17.7 Å². The third kappa shape index (κ3) is 5.66. The number of ketones is 1. The Kier molecular flexibility index (Phi) is 8.94.